The van der Waals surface area contributed by atoms with Crippen LogP contribution in [0.4, 0.5) is 4.39 Å². The van der Waals surface area contributed by atoms with E-state index in [-0.39, 0.29) is 36.5 Å². The predicted molar refractivity (Wildman–Crippen MR) is 85.0 cm³/mol. The molecular formula is C18H22FNO4. The van der Waals surface area contributed by atoms with Crippen LogP contribution in [-0.2, 0) is 14.3 Å². The van der Waals surface area contributed by atoms with E-state index >= 15 is 0 Å². The zero-order chi connectivity index (χ0) is 17.3. The second-order valence-corrected chi connectivity index (χ2v) is 6.92. The van der Waals surface area contributed by atoms with Gasteiger partial charge in [0.05, 0.1) is 12.0 Å². The quantitative estimate of drug-likeness (QED) is 0.917. The number of rotatable bonds is 4. The Balaban J connectivity index is 1.69. The lowest BCUT2D eigenvalue weighted by Crippen LogP contribution is -2.45. The molecule has 3 rings (SSSR count). The highest BCUT2D eigenvalue weighted by Gasteiger charge is 2.54. The molecule has 2 heterocycles. The fraction of sp³-hybridized carbons (Fsp3) is 0.556. The van der Waals surface area contributed by atoms with E-state index in [0.717, 1.165) is 5.56 Å². The Morgan fingerprint density at radius 3 is 2.96 bits per heavy atom. The Kier molecular flexibility index (Phi) is 4.58. The number of benzene rings is 1. The summed E-state index contributed by atoms with van der Waals surface area (Å²) in [7, 11) is 0. The van der Waals surface area contributed by atoms with E-state index in [1.165, 1.54) is 12.1 Å². The van der Waals surface area contributed by atoms with Gasteiger partial charge in [-0.2, -0.15) is 0 Å². The third-order valence-electron chi connectivity index (χ3n) is 5.38. The summed E-state index contributed by atoms with van der Waals surface area (Å²) in [5.41, 5.74) is -0.105. The molecule has 0 radical (unpaired) electrons. The Labute approximate surface area is 140 Å². The van der Waals surface area contributed by atoms with Crippen LogP contribution in [0.5, 0.6) is 0 Å². The van der Waals surface area contributed by atoms with Crippen molar-refractivity contribution in [2.45, 2.75) is 25.7 Å². The fourth-order valence-corrected chi connectivity index (χ4v) is 3.81. The summed E-state index contributed by atoms with van der Waals surface area (Å²) in [6.45, 7) is 3.35. The number of hydrogen-bond donors (Lipinski definition) is 1. The summed E-state index contributed by atoms with van der Waals surface area (Å²) >= 11 is 0. The molecule has 5 nitrogen and oxygen atoms in total. The molecule has 0 bridgehead atoms. The maximum Gasteiger partial charge on any atom is 0.311 e. The summed E-state index contributed by atoms with van der Waals surface area (Å²) in [5, 5.41) is 9.65. The normalized spacial score (nSPS) is 27.6. The van der Waals surface area contributed by atoms with Gasteiger partial charge in [0, 0.05) is 32.0 Å². The molecule has 0 aromatic heterocycles. The van der Waals surface area contributed by atoms with Crippen LogP contribution in [0.2, 0.25) is 0 Å². The highest BCUT2D eigenvalue weighted by atomic mass is 19.1. The molecule has 2 fully saturated rings. The molecule has 1 aromatic rings. The van der Waals surface area contributed by atoms with Gasteiger partial charge < -0.3 is 14.7 Å². The first-order valence-corrected chi connectivity index (χ1v) is 8.27. The molecule has 1 unspecified atom stereocenters. The average molecular weight is 335 g/mol. The minimum atomic E-state index is -0.879. The summed E-state index contributed by atoms with van der Waals surface area (Å²) in [4.78, 5) is 26.0. The number of halogens is 1. The van der Waals surface area contributed by atoms with Crippen molar-refractivity contribution in [1.82, 2.24) is 4.90 Å². The number of amides is 1. The van der Waals surface area contributed by atoms with Gasteiger partial charge in [-0.25, -0.2) is 4.39 Å². The molecular weight excluding hydrogens is 313 g/mol. The molecule has 2 aliphatic rings. The monoisotopic (exact) mass is 335 g/mol. The van der Waals surface area contributed by atoms with Crippen LogP contribution in [0, 0.1) is 17.2 Å². The average Bonchev–Trinajstić information content (AvgIpc) is 2.96. The molecule has 1 amide bonds. The molecule has 6 heteroatoms. The van der Waals surface area contributed by atoms with Crippen LogP contribution in [0.15, 0.2) is 24.3 Å². The number of ether oxygens (including phenoxy) is 1. The molecule has 2 aliphatic heterocycles. The number of hydrogen-bond acceptors (Lipinski definition) is 3. The van der Waals surface area contributed by atoms with Gasteiger partial charge >= 0.3 is 5.97 Å². The van der Waals surface area contributed by atoms with Crippen LogP contribution >= 0.6 is 0 Å². The largest absolute Gasteiger partial charge is 0.481 e. The standard InChI is InChI=1S/C18H22FNO4/c1-12(13-3-2-4-15(19)8-13)7-16(21)20-9-14-10-24-6-5-18(14,11-20)17(22)23/h2-4,8,12,14H,5-7,9-11H2,1H3,(H,22,23)/t12?,14-,18+/m0/s1. The Hall–Kier alpha value is -1.95. The number of carbonyl (C=O) groups excluding carboxylic acids is 1. The second kappa shape index (κ2) is 6.51. The number of carboxylic acid groups (broad SMARTS) is 1. The van der Waals surface area contributed by atoms with Gasteiger partial charge in [-0.05, 0) is 30.0 Å². The molecule has 0 saturated carbocycles. The summed E-state index contributed by atoms with van der Waals surface area (Å²) in [6.07, 6.45) is 0.683. The van der Waals surface area contributed by atoms with Crippen molar-refractivity contribution < 1.29 is 23.8 Å². The number of carbonyl (C=O) groups is 2. The summed E-state index contributed by atoms with van der Waals surface area (Å²) in [5.74, 6) is -1.52. The van der Waals surface area contributed by atoms with Crippen molar-refractivity contribution in [1.29, 1.82) is 0 Å². The first-order valence-electron chi connectivity index (χ1n) is 8.27. The Morgan fingerprint density at radius 2 is 2.29 bits per heavy atom. The maximum absolute atomic E-state index is 13.3. The number of aliphatic carboxylic acids is 1. The molecule has 24 heavy (non-hydrogen) atoms. The van der Waals surface area contributed by atoms with Crippen molar-refractivity contribution in [2.24, 2.45) is 11.3 Å². The summed E-state index contributed by atoms with van der Waals surface area (Å²) in [6, 6.07) is 6.25. The van der Waals surface area contributed by atoms with Gasteiger partial charge in [0.25, 0.3) is 0 Å². The van der Waals surface area contributed by atoms with Crippen molar-refractivity contribution in [3.05, 3.63) is 35.6 Å². The van der Waals surface area contributed by atoms with Gasteiger partial charge in [-0.3, -0.25) is 9.59 Å². The number of likely N-dealkylation sites (tertiary alicyclic amines) is 1. The minimum Gasteiger partial charge on any atom is -0.481 e. The Bertz CT molecular complexity index is 650. The highest BCUT2D eigenvalue weighted by Crippen LogP contribution is 2.42. The van der Waals surface area contributed by atoms with Crippen LogP contribution in [0.1, 0.15) is 31.2 Å². The van der Waals surface area contributed by atoms with E-state index in [2.05, 4.69) is 0 Å². The van der Waals surface area contributed by atoms with Gasteiger partial charge in [0.2, 0.25) is 5.91 Å². The van der Waals surface area contributed by atoms with E-state index in [0.29, 0.717) is 26.2 Å². The first kappa shape index (κ1) is 16.9. The van der Waals surface area contributed by atoms with Gasteiger partial charge in [-0.15, -0.1) is 0 Å². The maximum atomic E-state index is 13.3. The number of fused-ring (bicyclic) bond motifs is 1. The third kappa shape index (κ3) is 3.02. The van der Waals surface area contributed by atoms with E-state index < -0.39 is 11.4 Å². The van der Waals surface area contributed by atoms with Crippen molar-refractivity contribution >= 4 is 11.9 Å². The van der Waals surface area contributed by atoms with Gasteiger partial charge in [0.15, 0.2) is 0 Å². The van der Waals surface area contributed by atoms with E-state index in [1.807, 2.05) is 6.92 Å². The lowest BCUT2D eigenvalue weighted by Gasteiger charge is -2.33. The minimum absolute atomic E-state index is 0.0817. The highest BCUT2D eigenvalue weighted by molar-refractivity contribution is 5.81. The van der Waals surface area contributed by atoms with E-state index in [4.69, 9.17) is 4.74 Å². The van der Waals surface area contributed by atoms with Crippen molar-refractivity contribution in [2.75, 3.05) is 26.3 Å². The fourth-order valence-electron chi connectivity index (χ4n) is 3.81. The molecule has 1 N–H and O–H groups in total. The van der Waals surface area contributed by atoms with Crippen molar-refractivity contribution in [3.8, 4) is 0 Å². The Morgan fingerprint density at radius 1 is 1.50 bits per heavy atom. The van der Waals surface area contributed by atoms with Gasteiger partial charge in [-0.1, -0.05) is 19.1 Å². The van der Waals surface area contributed by atoms with Crippen LogP contribution in [0.3, 0.4) is 0 Å². The smallest absolute Gasteiger partial charge is 0.311 e. The van der Waals surface area contributed by atoms with Crippen LogP contribution in [0.25, 0.3) is 0 Å². The molecule has 0 aliphatic carbocycles. The third-order valence-corrected chi connectivity index (χ3v) is 5.38. The zero-order valence-corrected chi connectivity index (χ0v) is 13.7. The number of nitrogens with zero attached hydrogens (tertiary/aromatic N) is 1. The lowest BCUT2D eigenvalue weighted by atomic mass is 9.74. The molecule has 130 valence electrons. The van der Waals surface area contributed by atoms with Crippen LogP contribution in [-0.4, -0.2) is 48.2 Å². The predicted octanol–water partition coefficient (Wildman–Crippen LogP) is 2.27. The number of carboxylic acids is 1. The lowest BCUT2D eigenvalue weighted by molar-refractivity contribution is -0.157. The summed E-state index contributed by atoms with van der Waals surface area (Å²) < 4.78 is 18.7. The topological polar surface area (TPSA) is 66.8 Å². The molecule has 2 saturated heterocycles. The SMILES string of the molecule is CC(CC(=O)N1C[C@H]2COCC[C@@]2(C(=O)O)C1)c1cccc(F)c1. The zero-order valence-electron chi connectivity index (χ0n) is 13.7. The second-order valence-electron chi connectivity index (χ2n) is 6.92. The van der Waals surface area contributed by atoms with E-state index in [1.54, 1.807) is 17.0 Å². The van der Waals surface area contributed by atoms with Gasteiger partial charge in [0.1, 0.15) is 5.82 Å². The van der Waals surface area contributed by atoms with Crippen LogP contribution < -0.4 is 0 Å². The van der Waals surface area contributed by atoms with Crippen molar-refractivity contribution in [3.63, 3.8) is 0 Å². The molecule has 3 atom stereocenters. The molecule has 1 aromatic carbocycles. The van der Waals surface area contributed by atoms with E-state index in [9.17, 15) is 19.1 Å². The first-order chi connectivity index (χ1) is 11.4. The molecule has 0 spiro atoms.